The second kappa shape index (κ2) is 9.61. The summed E-state index contributed by atoms with van der Waals surface area (Å²) in [7, 11) is 0. The third kappa shape index (κ3) is 5.09. The molecule has 1 aliphatic carbocycles. The van der Waals surface area contributed by atoms with Crippen LogP contribution in [0.4, 0.5) is 0 Å². The summed E-state index contributed by atoms with van der Waals surface area (Å²) in [6, 6.07) is 11.2. The summed E-state index contributed by atoms with van der Waals surface area (Å²) < 4.78 is 5.58. The van der Waals surface area contributed by atoms with Gasteiger partial charge in [-0.3, -0.25) is 4.99 Å². The molecule has 0 radical (unpaired) electrons. The van der Waals surface area contributed by atoms with Gasteiger partial charge in [0.2, 0.25) is 0 Å². The monoisotopic (exact) mass is 443 g/mol. The lowest BCUT2D eigenvalue weighted by molar-refractivity contribution is 0.0531. The molecule has 0 amide bonds. The number of hydrogen-bond acceptors (Lipinski definition) is 2. The van der Waals surface area contributed by atoms with Gasteiger partial charge in [-0.05, 0) is 31.2 Å². The van der Waals surface area contributed by atoms with E-state index in [2.05, 4.69) is 35.6 Å². The smallest absolute Gasteiger partial charge is 0.188 e. The predicted molar refractivity (Wildman–Crippen MR) is 110 cm³/mol. The van der Waals surface area contributed by atoms with Gasteiger partial charge < -0.3 is 15.8 Å². The van der Waals surface area contributed by atoms with Crippen LogP contribution in [0.25, 0.3) is 0 Å². The molecule has 5 heteroatoms. The van der Waals surface area contributed by atoms with E-state index in [1.165, 1.54) is 37.7 Å². The van der Waals surface area contributed by atoms with Crippen LogP contribution in [0.1, 0.15) is 50.5 Å². The molecule has 2 aliphatic rings. The van der Waals surface area contributed by atoms with Crippen molar-refractivity contribution >= 4 is 29.9 Å². The first-order valence-corrected chi connectivity index (χ1v) is 8.98. The zero-order valence-corrected chi connectivity index (χ0v) is 16.7. The van der Waals surface area contributed by atoms with E-state index in [4.69, 9.17) is 15.5 Å². The van der Waals surface area contributed by atoms with Crippen LogP contribution >= 0.6 is 24.0 Å². The van der Waals surface area contributed by atoms with Gasteiger partial charge in [-0.2, -0.15) is 0 Å². The van der Waals surface area contributed by atoms with E-state index in [0.717, 1.165) is 32.6 Å². The summed E-state index contributed by atoms with van der Waals surface area (Å²) in [5.41, 5.74) is 7.59. The van der Waals surface area contributed by atoms with Crippen LogP contribution < -0.4 is 11.1 Å². The van der Waals surface area contributed by atoms with Crippen molar-refractivity contribution in [1.82, 2.24) is 5.32 Å². The molecule has 0 bridgehead atoms. The molecule has 1 aliphatic heterocycles. The fourth-order valence-electron chi connectivity index (χ4n) is 3.83. The lowest BCUT2D eigenvalue weighted by Crippen LogP contribution is -2.43. The van der Waals surface area contributed by atoms with Crippen molar-refractivity contribution in [3.63, 3.8) is 0 Å². The fourth-order valence-corrected chi connectivity index (χ4v) is 3.83. The highest BCUT2D eigenvalue weighted by Gasteiger charge is 2.34. The number of rotatable bonds is 4. The Kier molecular flexibility index (Phi) is 7.81. The van der Waals surface area contributed by atoms with Gasteiger partial charge in [0.05, 0.1) is 6.54 Å². The summed E-state index contributed by atoms with van der Waals surface area (Å²) in [6.07, 6.45) is 8.41. The van der Waals surface area contributed by atoms with E-state index in [1.807, 2.05) is 0 Å². The molecule has 1 aromatic rings. The van der Waals surface area contributed by atoms with Crippen molar-refractivity contribution in [2.75, 3.05) is 19.8 Å². The number of nitrogens with two attached hydrogens (primary N) is 1. The van der Waals surface area contributed by atoms with Crippen molar-refractivity contribution in [2.24, 2.45) is 10.7 Å². The number of benzene rings is 1. The first-order chi connectivity index (χ1) is 11.3. The van der Waals surface area contributed by atoms with Gasteiger partial charge in [0.25, 0.3) is 0 Å². The minimum Gasteiger partial charge on any atom is -0.381 e. The third-order valence-corrected chi connectivity index (χ3v) is 5.35. The number of nitrogens with zero attached hydrogens (tertiary/aromatic N) is 1. The Morgan fingerprint density at radius 1 is 1.12 bits per heavy atom. The molecule has 0 spiro atoms. The van der Waals surface area contributed by atoms with E-state index < -0.39 is 0 Å². The van der Waals surface area contributed by atoms with Crippen molar-refractivity contribution in [2.45, 2.75) is 56.4 Å². The van der Waals surface area contributed by atoms with E-state index in [9.17, 15) is 0 Å². The van der Waals surface area contributed by atoms with Gasteiger partial charge >= 0.3 is 0 Å². The topological polar surface area (TPSA) is 59.6 Å². The maximum Gasteiger partial charge on any atom is 0.188 e. The molecule has 1 saturated carbocycles. The molecule has 24 heavy (non-hydrogen) atoms. The summed E-state index contributed by atoms with van der Waals surface area (Å²) in [4.78, 5) is 4.72. The molecule has 0 aromatic heterocycles. The number of nitrogens with one attached hydrogen (secondary N) is 1. The molecule has 2 fully saturated rings. The highest BCUT2D eigenvalue weighted by atomic mass is 127. The lowest BCUT2D eigenvalue weighted by atomic mass is 9.74. The summed E-state index contributed by atoms with van der Waals surface area (Å²) in [5.74, 6) is 0.610. The zero-order chi connectivity index (χ0) is 16.0. The highest BCUT2D eigenvalue weighted by Crippen LogP contribution is 2.35. The van der Waals surface area contributed by atoms with Crippen molar-refractivity contribution in [3.8, 4) is 0 Å². The van der Waals surface area contributed by atoms with Gasteiger partial charge in [0.15, 0.2) is 5.96 Å². The van der Waals surface area contributed by atoms with Crippen LogP contribution in [0.15, 0.2) is 35.3 Å². The van der Waals surface area contributed by atoms with E-state index in [0.29, 0.717) is 12.0 Å². The average Bonchev–Trinajstić information content (AvgIpc) is 2.62. The highest BCUT2D eigenvalue weighted by molar-refractivity contribution is 14.0. The SMILES string of the molecule is I.NC(=NCC1(c2ccccc2)CCOCC1)NC1CCCCC1. The third-order valence-electron chi connectivity index (χ3n) is 5.35. The number of aliphatic imine (C=N–C) groups is 1. The lowest BCUT2D eigenvalue weighted by Gasteiger charge is -2.36. The van der Waals surface area contributed by atoms with Gasteiger partial charge in [0.1, 0.15) is 0 Å². The van der Waals surface area contributed by atoms with Gasteiger partial charge in [0, 0.05) is 24.7 Å². The number of guanidine groups is 1. The second-order valence-electron chi connectivity index (χ2n) is 6.94. The molecule has 0 unspecified atom stereocenters. The molecule has 1 heterocycles. The average molecular weight is 443 g/mol. The summed E-state index contributed by atoms with van der Waals surface area (Å²) in [5, 5.41) is 3.42. The predicted octanol–water partition coefficient (Wildman–Crippen LogP) is 3.59. The van der Waals surface area contributed by atoms with Crippen LogP contribution in [0.3, 0.4) is 0 Å². The van der Waals surface area contributed by atoms with Crippen LogP contribution in [0.2, 0.25) is 0 Å². The van der Waals surface area contributed by atoms with E-state index >= 15 is 0 Å². The molecule has 4 nitrogen and oxygen atoms in total. The maximum absolute atomic E-state index is 6.17. The van der Waals surface area contributed by atoms with Crippen LogP contribution in [-0.2, 0) is 10.2 Å². The molecular weight excluding hydrogens is 413 g/mol. The zero-order valence-electron chi connectivity index (χ0n) is 14.4. The Balaban J connectivity index is 0.00000208. The molecule has 1 saturated heterocycles. The number of hydrogen-bond donors (Lipinski definition) is 2. The molecule has 0 atom stereocenters. The van der Waals surface area contributed by atoms with E-state index in [-0.39, 0.29) is 29.4 Å². The Morgan fingerprint density at radius 2 is 1.79 bits per heavy atom. The molecule has 134 valence electrons. The number of halogens is 1. The quantitative estimate of drug-likeness (QED) is 0.425. The van der Waals surface area contributed by atoms with Gasteiger partial charge in [-0.25, -0.2) is 0 Å². The Bertz CT molecular complexity index is 509. The standard InChI is InChI=1S/C19H29N3O.HI/c20-18(22-17-9-5-2-6-10-17)21-15-19(11-13-23-14-12-19)16-7-3-1-4-8-16;/h1,3-4,7-8,17H,2,5-6,9-15H2,(H3,20,21,22);1H. The first-order valence-electron chi connectivity index (χ1n) is 8.98. The summed E-state index contributed by atoms with van der Waals surface area (Å²) >= 11 is 0. The van der Waals surface area contributed by atoms with Crippen molar-refractivity contribution in [3.05, 3.63) is 35.9 Å². The van der Waals surface area contributed by atoms with Gasteiger partial charge in [-0.1, -0.05) is 49.6 Å². The molecule has 3 N–H and O–H groups in total. The molecule has 3 rings (SSSR count). The fraction of sp³-hybridized carbons (Fsp3) is 0.632. The van der Waals surface area contributed by atoms with Crippen LogP contribution in [0.5, 0.6) is 0 Å². The van der Waals surface area contributed by atoms with Crippen molar-refractivity contribution in [1.29, 1.82) is 0 Å². The molecule has 1 aromatic carbocycles. The van der Waals surface area contributed by atoms with Crippen molar-refractivity contribution < 1.29 is 4.74 Å². The maximum atomic E-state index is 6.17. The first kappa shape index (κ1) is 19.5. The van der Waals surface area contributed by atoms with Crippen LogP contribution in [-0.4, -0.2) is 31.8 Å². The largest absolute Gasteiger partial charge is 0.381 e. The number of ether oxygens (including phenoxy) is 1. The van der Waals surface area contributed by atoms with E-state index in [1.54, 1.807) is 0 Å². The Labute approximate surface area is 162 Å². The minimum absolute atomic E-state index is 0. The van der Waals surface area contributed by atoms with Gasteiger partial charge in [-0.15, -0.1) is 24.0 Å². The van der Waals surface area contributed by atoms with Crippen LogP contribution in [0, 0.1) is 0 Å². The normalized spacial score (nSPS) is 21.8. The molecular formula is C19H30IN3O. The second-order valence-corrected chi connectivity index (χ2v) is 6.94. The Hall–Kier alpha value is -0.820. The summed E-state index contributed by atoms with van der Waals surface area (Å²) in [6.45, 7) is 2.35. The minimum atomic E-state index is 0. The Morgan fingerprint density at radius 3 is 2.46 bits per heavy atom.